The zero-order valence-electron chi connectivity index (χ0n) is 14.1. The number of carboxylic acid groups (broad SMARTS) is 1. The number of hydrogen-bond donors (Lipinski definition) is 1. The minimum Gasteiger partial charge on any atom is -0.480 e. The first kappa shape index (κ1) is 18.4. The van der Waals surface area contributed by atoms with Gasteiger partial charge in [-0.25, -0.2) is 4.39 Å². The minimum absolute atomic E-state index is 0.0734. The predicted molar refractivity (Wildman–Crippen MR) is 89.0 cm³/mol. The number of rotatable bonds is 7. The average molecular weight is 336 g/mol. The number of amides is 1. The lowest BCUT2D eigenvalue weighted by Crippen LogP contribution is -2.46. The van der Waals surface area contributed by atoms with Gasteiger partial charge in [-0.05, 0) is 37.6 Å². The van der Waals surface area contributed by atoms with Crippen molar-refractivity contribution in [3.8, 4) is 0 Å². The molecule has 1 aromatic carbocycles. The number of hydrogen-bond acceptors (Lipinski definition) is 3. The van der Waals surface area contributed by atoms with E-state index in [1.807, 2.05) is 4.90 Å². The van der Waals surface area contributed by atoms with E-state index >= 15 is 0 Å². The number of likely N-dealkylation sites (N-methyl/N-ethyl adjacent to an activating group) is 1. The number of carbonyl (C=O) groups is 2. The topological polar surface area (TPSA) is 60.9 Å². The Balaban J connectivity index is 2.07. The predicted octanol–water partition coefficient (Wildman–Crippen LogP) is 2.50. The van der Waals surface area contributed by atoms with Crippen molar-refractivity contribution in [1.29, 1.82) is 0 Å². The summed E-state index contributed by atoms with van der Waals surface area (Å²) in [5.74, 6) is -1.32. The van der Waals surface area contributed by atoms with Crippen LogP contribution in [0.2, 0.25) is 0 Å². The van der Waals surface area contributed by atoms with Crippen molar-refractivity contribution in [3.63, 3.8) is 0 Å². The first-order valence-corrected chi connectivity index (χ1v) is 8.40. The van der Waals surface area contributed by atoms with Gasteiger partial charge in [-0.2, -0.15) is 0 Å². The molecule has 132 valence electrons. The molecule has 0 spiro atoms. The SMILES string of the molecule is CN(CC(=O)O)CC(=O)N(Cc1ccc(F)cc1)C1CCCCC1. The lowest BCUT2D eigenvalue weighted by Gasteiger charge is -2.35. The van der Waals surface area contributed by atoms with Crippen molar-refractivity contribution in [1.82, 2.24) is 9.80 Å². The number of halogens is 1. The summed E-state index contributed by atoms with van der Waals surface area (Å²) in [5.41, 5.74) is 0.885. The largest absolute Gasteiger partial charge is 0.480 e. The van der Waals surface area contributed by atoms with E-state index in [2.05, 4.69) is 0 Å². The third kappa shape index (κ3) is 5.60. The van der Waals surface area contributed by atoms with E-state index in [9.17, 15) is 14.0 Å². The van der Waals surface area contributed by atoms with Gasteiger partial charge in [-0.15, -0.1) is 0 Å². The normalized spacial score (nSPS) is 15.5. The Morgan fingerprint density at radius 1 is 1.12 bits per heavy atom. The first-order valence-electron chi connectivity index (χ1n) is 8.40. The zero-order valence-corrected chi connectivity index (χ0v) is 14.1. The van der Waals surface area contributed by atoms with Crippen LogP contribution in [0.25, 0.3) is 0 Å². The second-order valence-corrected chi connectivity index (χ2v) is 6.51. The molecule has 1 amide bonds. The fourth-order valence-electron chi connectivity index (χ4n) is 3.21. The minimum atomic E-state index is -0.951. The Hall–Kier alpha value is -1.95. The molecule has 0 aliphatic heterocycles. The second kappa shape index (κ2) is 8.78. The Bertz CT molecular complexity index is 556. The lowest BCUT2D eigenvalue weighted by molar-refractivity contribution is -0.140. The zero-order chi connectivity index (χ0) is 17.5. The van der Waals surface area contributed by atoms with Gasteiger partial charge in [-0.3, -0.25) is 14.5 Å². The van der Waals surface area contributed by atoms with Crippen molar-refractivity contribution < 1.29 is 19.1 Å². The van der Waals surface area contributed by atoms with E-state index in [1.54, 1.807) is 19.2 Å². The van der Waals surface area contributed by atoms with Crippen molar-refractivity contribution >= 4 is 11.9 Å². The van der Waals surface area contributed by atoms with E-state index in [-0.39, 0.29) is 30.9 Å². The van der Waals surface area contributed by atoms with Gasteiger partial charge in [0, 0.05) is 12.6 Å². The number of benzene rings is 1. The van der Waals surface area contributed by atoms with E-state index in [0.717, 1.165) is 31.2 Å². The maximum absolute atomic E-state index is 13.1. The van der Waals surface area contributed by atoms with Gasteiger partial charge >= 0.3 is 5.97 Å². The van der Waals surface area contributed by atoms with Crippen molar-refractivity contribution in [2.45, 2.75) is 44.7 Å². The molecule has 1 N–H and O–H groups in total. The van der Waals surface area contributed by atoms with Crippen LogP contribution in [0.4, 0.5) is 4.39 Å². The molecule has 1 saturated carbocycles. The van der Waals surface area contributed by atoms with Gasteiger partial charge in [0.15, 0.2) is 0 Å². The van der Waals surface area contributed by atoms with Crippen LogP contribution in [-0.4, -0.2) is 53.0 Å². The molecular formula is C18H25FN2O3. The summed E-state index contributed by atoms with van der Waals surface area (Å²) in [6, 6.07) is 6.36. The Morgan fingerprint density at radius 3 is 2.33 bits per heavy atom. The fraction of sp³-hybridized carbons (Fsp3) is 0.556. The van der Waals surface area contributed by atoms with Crippen molar-refractivity contribution in [2.75, 3.05) is 20.1 Å². The maximum atomic E-state index is 13.1. The standard InChI is InChI=1S/C18H25FN2O3/c1-20(13-18(23)24)12-17(22)21(16-5-3-2-4-6-16)11-14-7-9-15(19)10-8-14/h7-10,16H,2-6,11-13H2,1H3,(H,23,24). The van der Waals surface area contributed by atoms with Crippen molar-refractivity contribution in [3.05, 3.63) is 35.6 Å². The molecule has 0 heterocycles. The van der Waals surface area contributed by atoms with Crippen LogP contribution in [-0.2, 0) is 16.1 Å². The third-order valence-corrected chi connectivity index (χ3v) is 4.41. The molecule has 0 bridgehead atoms. The molecule has 0 saturated heterocycles. The third-order valence-electron chi connectivity index (χ3n) is 4.41. The molecule has 0 unspecified atom stereocenters. The van der Waals surface area contributed by atoms with E-state index < -0.39 is 5.97 Å². The molecule has 6 heteroatoms. The molecular weight excluding hydrogens is 311 g/mol. The maximum Gasteiger partial charge on any atom is 0.317 e. The highest BCUT2D eigenvalue weighted by Gasteiger charge is 2.26. The highest BCUT2D eigenvalue weighted by Crippen LogP contribution is 2.24. The Labute approximate surface area is 142 Å². The van der Waals surface area contributed by atoms with Crippen LogP contribution in [0.3, 0.4) is 0 Å². The van der Waals surface area contributed by atoms with Crippen molar-refractivity contribution in [2.24, 2.45) is 0 Å². The Morgan fingerprint density at radius 2 is 1.75 bits per heavy atom. The first-order chi connectivity index (χ1) is 11.5. The summed E-state index contributed by atoms with van der Waals surface area (Å²) in [4.78, 5) is 26.8. The molecule has 24 heavy (non-hydrogen) atoms. The second-order valence-electron chi connectivity index (χ2n) is 6.51. The smallest absolute Gasteiger partial charge is 0.317 e. The van der Waals surface area contributed by atoms with Crippen LogP contribution in [0.1, 0.15) is 37.7 Å². The van der Waals surface area contributed by atoms with E-state index in [4.69, 9.17) is 5.11 Å². The van der Waals surface area contributed by atoms with Gasteiger partial charge < -0.3 is 10.0 Å². The summed E-state index contributed by atoms with van der Waals surface area (Å²) in [5, 5.41) is 8.84. The van der Waals surface area contributed by atoms with Gasteiger partial charge in [0.05, 0.1) is 13.1 Å². The number of carboxylic acids is 1. The molecule has 1 aromatic rings. The van der Waals surface area contributed by atoms with Crippen LogP contribution >= 0.6 is 0 Å². The molecule has 1 fully saturated rings. The average Bonchev–Trinajstić information content (AvgIpc) is 2.54. The summed E-state index contributed by atoms with van der Waals surface area (Å²) in [6.07, 6.45) is 5.32. The van der Waals surface area contributed by atoms with Gasteiger partial charge in [0.2, 0.25) is 5.91 Å². The molecule has 0 atom stereocenters. The molecule has 1 aliphatic rings. The quantitative estimate of drug-likeness (QED) is 0.831. The number of carbonyl (C=O) groups excluding carboxylic acids is 1. The summed E-state index contributed by atoms with van der Waals surface area (Å²) in [7, 11) is 1.63. The van der Waals surface area contributed by atoms with Gasteiger partial charge in [0.1, 0.15) is 5.82 Å². The highest BCUT2D eigenvalue weighted by atomic mass is 19.1. The summed E-state index contributed by atoms with van der Waals surface area (Å²) < 4.78 is 13.1. The van der Waals surface area contributed by atoms with Gasteiger partial charge in [0.25, 0.3) is 0 Å². The van der Waals surface area contributed by atoms with Crippen LogP contribution in [0, 0.1) is 5.82 Å². The highest BCUT2D eigenvalue weighted by molar-refractivity contribution is 5.79. The molecule has 5 nitrogen and oxygen atoms in total. The summed E-state index contributed by atoms with van der Waals surface area (Å²) in [6.45, 7) is 0.343. The molecule has 2 rings (SSSR count). The Kier molecular flexibility index (Phi) is 6.73. The number of aliphatic carboxylic acids is 1. The van der Waals surface area contributed by atoms with Gasteiger partial charge in [-0.1, -0.05) is 31.4 Å². The van der Waals surface area contributed by atoms with Crippen LogP contribution in [0.15, 0.2) is 24.3 Å². The lowest BCUT2D eigenvalue weighted by atomic mass is 9.93. The molecule has 1 aliphatic carbocycles. The molecule has 0 aromatic heterocycles. The monoisotopic (exact) mass is 336 g/mol. The fourth-order valence-corrected chi connectivity index (χ4v) is 3.21. The number of nitrogens with zero attached hydrogens (tertiary/aromatic N) is 2. The van der Waals surface area contributed by atoms with E-state index in [0.29, 0.717) is 6.54 Å². The van der Waals surface area contributed by atoms with E-state index in [1.165, 1.54) is 23.5 Å². The summed E-state index contributed by atoms with van der Waals surface area (Å²) >= 11 is 0. The van der Waals surface area contributed by atoms with Crippen LogP contribution < -0.4 is 0 Å². The van der Waals surface area contributed by atoms with Crippen LogP contribution in [0.5, 0.6) is 0 Å². The molecule has 0 radical (unpaired) electrons.